The Morgan fingerprint density at radius 1 is 1.31 bits per heavy atom. The molecule has 7 nitrogen and oxygen atoms in total. The largest absolute Gasteiger partial charge is 0.337 e. The van der Waals surface area contributed by atoms with E-state index < -0.39 is 10.8 Å². The molecule has 2 atom stereocenters. The predicted octanol–water partition coefficient (Wildman–Crippen LogP) is 2.81. The van der Waals surface area contributed by atoms with Crippen LogP contribution in [0.4, 0.5) is 0 Å². The van der Waals surface area contributed by atoms with Crippen LogP contribution in [0.25, 0.3) is 5.69 Å². The number of aromatic nitrogens is 4. The van der Waals surface area contributed by atoms with Gasteiger partial charge in [0.2, 0.25) is 11.1 Å². The first-order chi connectivity index (χ1) is 12.2. The zero-order valence-corrected chi connectivity index (χ0v) is 16.8. The number of benzene rings is 1. The highest BCUT2D eigenvalue weighted by molar-refractivity contribution is 8.00. The minimum absolute atomic E-state index is 0.00509. The third-order valence-electron chi connectivity index (χ3n) is 4.60. The smallest absolute Gasteiger partial charge is 0.234 e. The van der Waals surface area contributed by atoms with Crippen molar-refractivity contribution in [1.29, 1.82) is 5.26 Å². The summed E-state index contributed by atoms with van der Waals surface area (Å²) >= 11 is 1.26. The van der Waals surface area contributed by atoms with Gasteiger partial charge in [-0.05, 0) is 67.3 Å². The minimum atomic E-state index is -0.911. The average Bonchev–Trinajstić information content (AvgIpc) is 3.05. The summed E-state index contributed by atoms with van der Waals surface area (Å²) in [6, 6.07) is 8.15. The highest BCUT2D eigenvalue weighted by Gasteiger charge is 2.32. The van der Waals surface area contributed by atoms with Gasteiger partial charge in [0.1, 0.15) is 5.54 Å². The van der Waals surface area contributed by atoms with Crippen molar-refractivity contribution < 1.29 is 4.79 Å². The Kier molecular flexibility index (Phi) is 6.03. The molecule has 1 aromatic heterocycles. The third-order valence-corrected chi connectivity index (χ3v) is 5.63. The summed E-state index contributed by atoms with van der Waals surface area (Å²) in [5.74, 6) is -0.225. The van der Waals surface area contributed by atoms with Crippen LogP contribution >= 0.6 is 11.8 Å². The predicted molar refractivity (Wildman–Crippen MR) is 101 cm³/mol. The van der Waals surface area contributed by atoms with Crippen molar-refractivity contribution >= 4 is 17.7 Å². The van der Waals surface area contributed by atoms with Crippen molar-refractivity contribution in [2.45, 2.75) is 57.5 Å². The Hall–Kier alpha value is -2.40. The van der Waals surface area contributed by atoms with E-state index in [4.69, 9.17) is 0 Å². The number of rotatable bonds is 6. The summed E-state index contributed by atoms with van der Waals surface area (Å²) in [5, 5.41) is 24.1. The summed E-state index contributed by atoms with van der Waals surface area (Å²) in [6.45, 7) is 11.4. The molecule has 0 spiro atoms. The van der Waals surface area contributed by atoms with Gasteiger partial charge in [0.25, 0.3) is 0 Å². The molecule has 0 saturated heterocycles. The van der Waals surface area contributed by atoms with Crippen LogP contribution in [0.15, 0.2) is 23.4 Å². The van der Waals surface area contributed by atoms with Crippen LogP contribution in [-0.4, -0.2) is 36.9 Å². The number of carbonyl (C=O) groups excluding carboxylic acids is 1. The first-order valence-corrected chi connectivity index (χ1v) is 9.32. The van der Waals surface area contributed by atoms with Gasteiger partial charge in [0.05, 0.1) is 17.0 Å². The quantitative estimate of drug-likeness (QED) is 0.783. The Labute approximate surface area is 158 Å². The number of thioether (sulfide) groups is 1. The van der Waals surface area contributed by atoms with Crippen LogP contribution in [0.2, 0.25) is 0 Å². The topological polar surface area (TPSA) is 96.5 Å². The fourth-order valence-corrected chi connectivity index (χ4v) is 2.95. The lowest BCUT2D eigenvalue weighted by atomic mass is 9.90. The molecule has 26 heavy (non-hydrogen) atoms. The summed E-state index contributed by atoms with van der Waals surface area (Å²) in [6.07, 6.45) is 0. The Morgan fingerprint density at radius 2 is 2.00 bits per heavy atom. The van der Waals surface area contributed by atoms with Crippen molar-refractivity contribution in [3.8, 4) is 11.8 Å². The van der Waals surface area contributed by atoms with Crippen molar-refractivity contribution in [3.63, 3.8) is 0 Å². The van der Waals surface area contributed by atoms with E-state index in [0.29, 0.717) is 5.16 Å². The minimum Gasteiger partial charge on any atom is -0.337 e. The summed E-state index contributed by atoms with van der Waals surface area (Å²) in [5.41, 5.74) is 2.26. The number of aryl methyl sites for hydroxylation is 2. The second-order valence-corrected chi connectivity index (χ2v) is 8.17. The van der Waals surface area contributed by atoms with E-state index >= 15 is 0 Å². The molecule has 0 aliphatic carbocycles. The number of nitrogens with zero attached hydrogens (tertiary/aromatic N) is 5. The van der Waals surface area contributed by atoms with E-state index in [1.807, 2.05) is 45.9 Å². The molecule has 1 aromatic carbocycles. The lowest BCUT2D eigenvalue weighted by Gasteiger charge is -2.28. The normalized spacial score (nSPS) is 14.5. The number of hydrogen-bond acceptors (Lipinski definition) is 6. The second-order valence-electron chi connectivity index (χ2n) is 6.86. The molecule has 1 heterocycles. The SMILES string of the molecule is Cc1ccc(-n2nnnc2S[C@H](C)C(=O)N[C@@](C)(C#N)C(C)C)cc1C. The number of nitriles is 1. The van der Waals surface area contributed by atoms with Crippen molar-refractivity contribution in [1.82, 2.24) is 25.5 Å². The molecule has 0 aliphatic rings. The molecule has 2 aromatic rings. The molecule has 0 saturated carbocycles. The second kappa shape index (κ2) is 7.87. The number of hydrogen-bond donors (Lipinski definition) is 1. The van der Waals surface area contributed by atoms with Crippen LogP contribution < -0.4 is 5.32 Å². The van der Waals surface area contributed by atoms with E-state index in [9.17, 15) is 10.1 Å². The third kappa shape index (κ3) is 4.22. The van der Waals surface area contributed by atoms with Crippen LogP contribution in [0.3, 0.4) is 0 Å². The van der Waals surface area contributed by atoms with Crippen molar-refractivity contribution in [2.75, 3.05) is 0 Å². The molecule has 1 N–H and O–H groups in total. The fraction of sp³-hybridized carbons (Fsp3) is 0.500. The van der Waals surface area contributed by atoms with Gasteiger partial charge in [-0.3, -0.25) is 4.79 Å². The molecule has 0 fully saturated rings. The zero-order valence-electron chi connectivity index (χ0n) is 15.9. The highest BCUT2D eigenvalue weighted by atomic mass is 32.2. The molecular weight excluding hydrogens is 348 g/mol. The van der Waals surface area contributed by atoms with Gasteiger partial charge in [0, 0.05) is 0 Å². The van der Waals surface area contributed by atoms with Crippen LogP contribution in [0, 0.1) is 31.1 Å². The Balaban J connectivity index is 2.17. The maximum Gasteiger partial charge on any atom is 0.234 e. The van der Waals surface area contributed by atoms with E-state index in [1.54, 1.807) is 18.5 Å². The van der Waals surface area contributed by atoms with E-state index in [-0.39, 0.29) is 11.8 Å². The summed E-state index contributed by atoms with van der Waals surface area (Å²) in [4.78, 5) is 12.5. The van der Waals surface area contributed by atoms with Gasteiger partial charge in [-0.25, -0.2) is 0 Å². The van der Waals surface area contributed by atoms with Gasteiger partial charge >= 0.3 is 0 Å². The van der Waals surface area contributed by atoms with Crippen LogP contribution in [-0.2, 0) is 4.79 Å². The van der Waals surface area contributed by atoms with Crippen molar-refractivity contribution in [3.05, 3.63) is 29.3 Å². The Morgan fingerprint density at radius 3 is 2.58 bits per heavy atom. The van der Waals surface area contributed by atoms with Gasteiger partial charge in [0.15, 0.2) is 0 Å². The molecule has 0 aliphatic heterocycles. The van der Waals surface area contributed by atoms with Crippen LogP contribution in [0.1, 0.15) is 38.8 Å². The van der Waals surface area contributed by atoms with E-state index in [1.165, 1.54) is 17.3 Å². The Bertz CT molecular complexity index is 840. The zero-order chi connectivity index (χ0) is 19.5. The van der Waals surface area contributed by atoms with Gasteiger partial charge < -0.3 is 5.32 Å². The highest BCUT2D eigenvalue weighted by Crippen LogP contribution is 2.25. The standard InChI is InChI=1S/C18H24N6OS/c1-11(2)18(6,10-19)20-16(25)14(5)26-17-21-22-23-24(17)15-8-7-12(3)13(4)9-15/h7-9,11,14H,1-6H3,(H,20,25)/t14-,18+/m1/s1. The number of carbonyl (C=O) groups is 1. The summed E-state index contributed by atoms with van der Waals surface area (Å²) in [7, 11) is 0. The average molecular weight is 372 g/mol. The molecule has 0 bridgehead atoms. The monoisotopic (exact) mass is 372 g/mol. The molecule has 138 valence electrons. The van der Waals surface area contributed by atoms with Gasteiger partial charge in [-0.2, -0.15) is 9.94 Å². The van der Waals surface area contributed by atoms with Crippen LogP contribution in [0.5, 0.6) is 0 Å². The first kappa shape index (κ1) is 19.9. The molecular formula is C18H24N6OS. The fourth-order valence-electron chi connectivity index (χ4n) is 2.14. The molecule has 0 radical (unpaired) electrons. The summed E-state index contributed by atoms with van der Waals surface area (Å²) < 4.78 is 1.62. The molecule has 1 amide bonds. The molecule has 0 unspecified atom stereocenters. The first-order valence-electron chi connectivity index (χ1n) is 8.44. The maximum absolute atomic E-state index is 12.5. The van der Waals surface area contributed by atoms with Gasteiger partial charge in [-0.15, -0.1) is 5.10 Å². The number of tetrazole rings is 1. The lowest BCUT2D eigenvalue weighted by Crippen LogP contribution is -2.51. The maximum atomic E-state index is 12.5. The molecule has 8 heteroatoms. The van der Waals surface area contributed by atoms with E-state index in [0.717, 1.165) is 11.3 Å². The number of amides is 1. The van der Waals surface area contributed by atoms with Crippen molar-refractivity contribution in [2.24, 2.45) is 5.92 Å². The van der Waals surface area contributed by atoms with E-state index in [2.05, 4.69) is 26.9 Å². The number of nitrogens with one attached hydrogen (secondary N) is 1. The van der Waals surface area contributed by atoms with Gasteiger partial charge in [-0.1, -0.05) is 31.7 Å². The lowest BCUT2D eigenvalue weighted by molar-refractivity contribution is -0.121. The molecule has 2 rings (SSSR count).